The van der Waals surface area contributed by atoms with Gasteiger partial charge in [-0.3, -0.25) is 9.59 Å². The summed E-state index contributed by atoms with van der Waals surface area (Å²) in [5.41, 5.74) is 0. The predicted octanol–water partition coefficient (Wildman–Crippen LogP) is 2.00. The van der Waals surface area contributed by atoms with E-state index in [0.29, 0.717) is 18.9 Å². The van der Waals surface area contributed by atoms with Crippen molar-refractivity contribution in [2.45, 2.75) is 63.8 Å². The van der Waals surface area contributed by atoms with Crippen LogP contribution in [0.3, 0.4) is 0 Å². The van der Waals surface area contributed by atoms with Crippen LogP contribution in [-0.2, 0) is 9.59 Å². The van der Waals surface area contributed by atoms with Gasteiger partial charge < -0.3 is 16.0 Å². The lowest BCUT2D eigenvalue weighted by Crippen LogP contribution is -2.42. The average Bonchev–Trinajstić information content (AvgIpc) is 3.01. The molecule has 0 aromatic rings. The number of hydrogen-bond acceptors (Lipinski definition) is 3. The first-order valence-electron chi connectivity index (χ1n) is 8.90. The van der Waals surface area contributed by atoms with Gasteiger partial charge in [-0.15, -0.1) is 12.4 Å². The van der Waals surface area contributed by atoms with E-state index in [1.807, 2.05) is 7.05 Å². The van der Waals surface area contributed by atoms with Crippen molar-refractivity contribution in [3.63, 3.8) is 0 Å². The fraction of sp³-hybridized carbons (Fsp3) is 0.882. The van der Waals surface area contributed by atoms with Gasteiger partial charge in [0.25, 0.3) is 0 Å². The molecule has 0 aromatic carbocycles. The normalized spacial score (nSPS) is 24.7. The van der Waals surface area contributed by atoms with Gasteiger partial charge in [0.1, 0.15) is 0 Å². The zero-order chi connectivity index (χ0) is 15.8. The van der Waals surface area contributed by atoms with Crippen molar-refractivity contribution in [1.29, 1.82) is 0 Å². The lowest BCUT2D eigenvalue weighted by atomic mass is 9.85. The Kier molecular flexibility index (Phi) is 9.56. The topological polar surface area (TPSA) is 70.2 Å². The molecule has 3 N–H and O–H groups in total. The molecule has 2 fully saturated rings. The third kappa shape index (κ3) is 7.08. The van der Waals surface area contributed by atoms with Crippen molar-refractivity contribution in [3.8, 4) is 0 Å². The van der Waals surface area contributed by atoms with Crippen molar-refractivity contribution >= 4 is 24.2 Å². The maximum atomic E-state index is 12.1. The number of rotatable bonds is 7. The lowest BCUT2D eigenvalue weighted by Gasteiger charge is -2.28. The zero-order valence-electron chi connectivity index (χ0n) is 14.2. The highest BCUT2D eigenvalue weighted by atomic mass is 35.5. The Morgan fingerprint density at radius 3 is 2.22 bits per heavy atom. The summed E-state index contributed by atoms with van der Waals surface area (Å²) in [6, 6.07) is 0.273. The van der Waals surface area contributed by atoms with E-state index >= 15 is 0 Å². The van der Waals surface area contributed by atoms with Crippen LogP contribution in [0, 0.1) is 11.8 Å². The largest absolute Gasteiger partial charge is 0.355 e. The number of halogens is 1. The van der Waals surface area contributed by atoms with Gasteiger partial charge in [0, 0.05) is 31.5 Å². The Bertz CT molecular complexity index is 365. The standard InChI is InChI=1S/C17H31N3O2.ClH/c1-18-10-11-19-17(22)14-6-8-15(9-7-14)20-16(21)12-13-4-2-3-5-13;/h13-15,18H,2-12H2,1H3,(H,19,22)(H,20,21);1H. The van der Waals surface area contributed by atoms with Crippen LogP contribution in [0.1, 0.15) is 57.8 Å². The van der Waals surface area contributed by atoms with E-state index in [1.165, 1.54) is 25.7 Å². The van der Waals surface area contributed by atoms with E-state index in [0.717, 1.165) is 32.2 Å². The molecule has 0 radical (unpaired) electrons. The predicted molar refractivity (Wildman–Crippen MR) is 94.6 cm³/mol. The van der Waals surface area contributed by atoms with Crippen LogP contribution >= 0.6 is 12.4 Å². The highest BCUT2D eigenvalue weighted by Gasteiger charge is 2.27. The molecule has 2 amide bonds. The second-order valence-electron chi connectivity index (χ2n) is 6.87. The molecule has 0 spiro atoms. The van der Waals surface area contributed by atoms with Crippen LogP contribution in [0.4, 0.5) is 0 Å². The fourth-order valence-electron chi connectivity index (χ4n) is 3.72. The molecular formula is C17H32ClN3O2. The number of amides is 2. The van der Waals surface area contributed by atoms with Crippen LogP contribution in [0.2, 0.25) is 0 Å². The van der Waals surface area contributed by atoms with Crippen molar-refractivity contribution in [2.24, 2.45) is 11.8 Å². The Balaban J connectivity index is 0.00000264. The van der Waals surface area contributed by atoms with E-state index in [2.05, 4.69) is 16.0 Å². The summed E-state index contributed by atoms with van der Waals surface area (Å²) in [6.07, 6.45) is 9.34. The molecule has 23 heavy (non-hydrogen) atoms. The fourth-order valence-corrected chi connectivity index (χ4v) is 3.72. The third-order valence-electron chi connectivity index (χ3n) is 5.09. The number of hydrogen-bond donors (Lipinski definition) is 3. The molecule has 5 nitrogen and oxygen atoms in total. The van der Waals surface area contributed by atoms with Crippen LogP contribution in [-0.4, -0.2) is 38.0 Å². The molecule has 0 bridgehead atoms. The van der Waals surface area contributed by atoms with E-state index in [4.69, 9.17) is 0 Å². The zero-order valence-corrected chi connectivity index (χ0v) is 15.1. The summed E-state index contributed by atoms with van der Waals surface area (Å²) < 4.78 is 0. The van der Waals surface area contributed by atoms with Crippen molar-refractivity contribution < 1.29 is 9.59 Å². The minimum atomic E-state index is 0. The van der Waals surface area contributed by atoms with Crippen molar-refractivity contribution in [2.75, 3.05) is 20.1 Å². The molecule has 0 aliphatic heterocycles. The first kappa shape index (κ1) is 20.2. The molecule has 2 aliphatic carbocycles. The number of carbonyl (C=O) groups excluding carboxylic acids is 2. The highest BCUT2D eigenvalue weighted by Crippen LogP contribution is 2.28. The van der Waals surface area contributed by atoms with Gasteiger partial charge in [-0.25, -0.2) is 0 Å². The minimum absolute atomic E-state index is 0. The lowest BCUT2D eigenvalue weighted by molar-refractivity contribution is -0.126. The molecule has 2 saturated carbocycles. The third-order valence-corrected chi connectivity index (χ3v) is 5.09. The van der Waals surface area contributed by atoms with Gasteiger partial charge in [0.05, 0.1) is 0 Å². The Morgan fingerprint density at radius 1 is 0.957 bits per heavy atom. The molecule has 0 saturated heterocycles. The monoisotopic (exact) mass is 345 g/mol. The van der Waals surface area contributed by atoms with Gasteiger partial charge in [0.15, 0.2) is 0 Å². The first-order valence-corrected chi connectivity index (χ1v) is 8.90. The second-order valence-corrected chi connectivity index (χ2v) is 6.87. The molecule has 0 atom stereocenters. The number of likely N-dealkylation sites (N-methyl/N-ethyl adjacent to an activating group) is 1. The van der Waals surface area contributed by atoms with Gasteiger partial charge in [-0.05, 0) is 51.5 Å². The first-order chi connectivity index (χ1) is 10.7. The van der Waals surface area contributed by atoms with Gasteiger partial charge >= 0.3 is 0 Å². The molecule has 2 rings (SSSR count). The molecule has 0 unspecified atom stereocenters. The Labute approximate surface area is 146 Å². The van der Waals surface area contributed by atoms with Crippen LogP contribution < -0.4 is 16.0 Å². The molecular weight excluding hydrogens is 314 g/mol. The molecule has 2 aliphatic rings. The number of nitrogens with one attached hydrogen (secondary N) is 3. The Hall–Kier alpha value is -0.810. The maximum absolute atomic E-state index is 12.1. The summed E-state index contributed by atoms with van der Waals surface area (Å²) in [6.45, 7) is 1.49. The highest BCUT2D eigenvalue weighted by molar-refractivity contribution is 5.85. The van der Waals surface area contributed by atoms with Crippen LogP contribution in [0.25, 0.3) is 0 Å². The SMILES string of the molecule is CNCCNC(=O)C1CCC(NC(=O)CC2CCCC2)CC1.Cl. The van der Waals surface area contributed by atoms with Gasteiger partial charge in [-0.1, -0.05) is 12.8 Å². The average molecular weight is 346 g/mol. The minimum Gasteiger partial charge on any atom is -0.355 e. The molecule has 6 heteroatoms. The van der Waals surface area contributed by atoms with Crippen LogP contribution in [0.15, 0.2) is 0 Å². The van der Waals surface area contributed by atoms with E-state index in [1.54, 1.807) is 0 Å². The maximum Gasteiger partial charge on any atom is 0.223 e. The molecule has 0 heterocycles. The summed E-state index contributed by atoms with van der Waals surface area (Å²) in [7, 11) is 1.88. The summed E-state index contributed by atoms with van der Waals surface area (Å²) in [4.78, 5) is 24.1. The Morgan fingerprint density at radius 2 is 1.61 bits per heavy atom. The second kappa shape index (κ2) is 10.9. The summed E-state index contributed by atoms with van der Waals surface area (Å²) in [5.74, 6) is 1.12. The quantitative estimate of drug-likeness (QED) is 0.618. The van der Waals surface area contributed by atoms with E-state index < -0.39 is 0 Å². The smallest absolute Gasteiger partial charge is 0.223 e. The summed E-state index contributed by atoms with van der Waals surface area (Å²) in [5, 5.41) is 9.17. The van der Waals surface area contributed by atoms with E-state index in [-0.39, 0.29) is 36.2 Å². The number of carbonyl (C=O) groups is 2. The summed E-state index contributed by atoms with van der Waals surface area (Å²) >= 11 is 0. The van der Waals surface area contributed by atoms with E-state index in [9.17, 15) is 9.59 Å². The van der Waals surface area contributed by atoms with Crippen molar-refractivity contribution in [3.05, 3.63) is 0 Å². The van der Waals surface area contributed by atoms with Crippen LogP contribution in [0.5, 0.6) is 0 Å². The van der Waals surface area contributed by atoms with Crippen molar-refractivity contribution in [1.82, 2.24) is 16.0 Å². The molecule has 134 valence electrons. The van der Waals surface area contributed by atoms with Gasteiger partial charge in [0.2, 0.25) is 11.8 Å². The molecule has 0 aromatic heterocycles. The van der Waals surface area contributed by atoms with Gasteiger partial charge in [-0.2, -0.15) is 0 Å².